The number of benzene rings is 1. The Labute approximate surface area is 122 Å². The van der Waals surface area contributed by atoms with Gasteiger partial charge in [0.2, 0.25) is 0 Å². The maximum Gasteiger partial charge on any atom is 0.264 e. The Morgan fingerprint density at radius 3 is 2.81 bits per heavy atom. The molecule has 0 amide bonds. The maximum absolute atomic E-state index is 5.82. The molecule has 0 spiro atoms. The molecule has 2 fully saturated rings. The van der Waals surface area contributed by atoms with Crippen LogP contribution >= 0.6 is 0 Å². The van der Waals surface area contributed by atoms with Crippen molar-refractivity contribution in [2.24, 2.45) is 0 Å². The Kier molecular flexibility index (Phi) is 3.03. The van der Waals surface area contributed by atoms with E-state index in [1.165, 1.54) is 0 Å². The predicted molar refractivity (Wildman–Crippen MR) is 74.7 cm³/mol. The van der Waals surface area contributed by atoms with Gasteiger partial charge in [-0.2, -0.15) is 4.98 Å². The van der Waals surface area contributed by atoms with Crippen LogP contribution in [0.5, 0.6) is 5.75 Å². The smallest absolute Gasteiger partial charge is 0.264 e. The number of nitrogens with zero attached hydrogens (tertiary/aromatic N) is 2. The molecule has 3 unspecified atom stereocenters. The zero-order valence-electron chi connectivity index (χ0n) is 11.6. The lowest BCUT2D eigenvalue weighted by Crippen LogP contribution is -2.15. The van der Waals surface area contributed by atoms with Crippen LogP contribution in [-0.4, -0.2) is 22.3 Å². The van der Waals surface area contributed by atoms with Crippen molar-refractivity contribution in [1.82, 2.24) is 10.1 Å². The third-order valence-electron chi connectivity index (χ3n) is 4.16. The van der Waals surface area contributed by atoms with Crippen LogP contribution in [0.3, 0.4) is 0 Å². The van der Waals surface area contributed by atoms with Crippen molar-refractivity contribution in [3.8, 4) is 5.75 Å². The maximum atomic E-state index is 5.82. The molecule has 0 aliphatic carbocycles. The quantitative estimate of drug-likeness (QED) is 0.868. The highest BCUT2D eigenvalue weighted by molar-refractivity contribution is 5.41. The third kappa shape index (κ3) is 2.47. The van der Waals surface area contributed by atoms with E-state index >= 15 is 0 Å². The molecule has 4 rings (SSSR count). The number of ether oxygens (including phenoxy) is 2. The van der Waals surface area contributed by atoms with E-state index in [9.17, 15) is 0 Å². The average molecular weight is 287 g/mol. The minimum atomic E-state index is 0.262. The van der Waals surface area contributed by atoms with Crippen LogP contribution in [0.25, 0.3) is 0 Å². The molecule has 0 saturated carbocycles. The molecule has 3 heterocycles. The summed E-state index contributed by atoms with van der Waals surface area (Å²) < 4.78 is 16.7. The van der Waals surface area contributed by atoms with Gasteiger partial charge in [-0.15, -0.1) is 0 Å². The van der Waals surface area contributed by atoms with Crippen LogP contribution in [0.4, 0.5) is 5.69 Å². The Morgan fingerprint density at radius 2 is 2.10 bits per heavy atom. The first-order valence-electron chi connectivity index (χ1n) is 7.24. The van der Waals surface area contributed by atoms with E-state index in [-0.39, 0.29) is 18.6 Å². The monoisotopic (exact) mass is 287 g/mol. The van der Waals surface area contributed by atoms with Gasteiger partial charge < -0.3 is 19.7 Å². The number of hydrogen-bond acceptors (Lipinski definition) is 6. The topological polar surface area (TPSA) is 83.4 Å². The number of anilines is 1. The molecule has 2 saturated heterocycles. The van der Waals surface area contributed by atoms with Crippen molar-refractivity contribution in [3.63, 3.8) is 0 Å². The number of fused-ring (bicyclic) bond motifs is 2. The van der Waals surface area contributed by atoms with Crippen LogP contribution in [0.1, 0.15) is 36.9 Å². The van der Waals surface area contributed by atoms with Crippen molar-refractivity contribution in [3.05, 3.63) is 36.0 Å². The molecule has 21 heavy (non-hydrogen) atoms. The van der Waals surface area contributed by atoms with Gasteiger partial charge in [-0.3, -0.25) is 0 Å². The van der Waals surface area contributed by atoms with Crippen molar-refractivity contribution >= 4 is 5.69 Å². The molecule has 1 aromatic carbocycles. The van der Waals surface area contributed by atoms with E-state index in [4.69, 9.17) is 19.7 Å². The van der Waals surface area contributed by atoms with E-state index in [1.807, 2.05) is 12.1 Å². The van der Waals surface area contributed by atoms with E-state index in [0.29, 0.717) is 17.7 Å². The van der Waals surface area contributed by atoms with E-state index < -0.39 is 0 Å². The summed E-state index contributed by atoms with van der Waals surface area (Å²) in [4.78, 5) is 4.44. The molecule has 2 aliphatic heterocycles. The molecule has 1 aromatic heterocycles. The first-order valence-corrected chi connectivity index (χ1v) is 7.24. The van der Waals surface area contributed by atoms with Crippen LogP contribution in [-0.2, 0) is 11.3 Å². The summed E-state index contributed by atoms with van der Waals surface area (Å²) in [5.41, 5.74) is 6.34. The normalized spacial score (nSPS) is 27.1. The summed E-state index contributed by atoms with van der Waals surface area (Å²) in [6, 6.07) is 7.22. The molecule has 6 nitrogen and oxygen atoms in total. The minimum absolute atomic E-state index is 0.262. The fourth-order valence-corrected chi connectivity index (χ4v) is 3.10. The summed E-state index contributed by atoms with van der Waals surface area (Å²) in [7, 11) is 0. The van der Waals surface area contributed by atoms with E-state index in [2.05, 4.69) is 10.1 Å². The van der Waals surface area contributed by atoms with Gasteiger partial charge in [0.25, 0.3) is 5.89 Å². The first kappa shape index (κ1) is 12.6. The van der Waals surface area contributed by atoms with Crippen LogP contribution in [0.15, 0.2) is 28.8 Å². The highest BCUT2D eigenvalue weighted by atomic mass is 16.5. The number of nitrogens with two attached hydrogens (primary N) is 1. The largest absolute Gasteiger partial charge is 0.484 e. The molecule has 110 valence electrons. The zero-order valence-corrected chi connectivity index (χ0v) is 11.6. The standard InChI is InChI=1S/C15H17N3O3/c16-9-1-3-10(4-2-9)19-8-14-17-15(18-21-14)12-7-11-5-6-13(12)20-11/h1-4,11-13H,5-8,16H2. The predicted octanol–water partition coefficient (Wildman–Crippen LogP) is 2.27. The van der Waals surface area contributed by atoms with E-state index in [0.717, 1.165) is 30.8 Å². The van der Waals surface area contributed by atoms with Crippen LogP contribution in [0.2, 0.25) is 0 Å². The van der Waals surface area contributed by atoms with Crippen molar-refractivity contribution < 1.29 is 14.0 Å². The van der Waals surface area contributed by atoms with Gasteiger partial charge in [-0.1, -0.05) is 5.16 Å². The average Bonchev–Trinajstić information content (AvgIpc) is 3.22. The molecule has 2 aromatic rings. The molecule has 2 N–H and O–H groups in total. The third-order valence-corrected chi connectivity index (χ3v) is 4.16. The second-order valence-corrected chi connectivity index (χ2v) is 5.62. The Bertz CT molecular complexity index is 625. The molecule has 3 atom stereocenters. The van der Waals surface area contributed by atoms with Gasteiger partial charge in [0, 0.05) is 5.69 Å². The Morgan fingerprint density at radius 1 is 1.24 bits per heavy atom. The number of aromatic nitrogens is 2. The van der Waals surface area contributed by atoms with Gasteiger partial charge in [-0.05, 0) is 43.5 Å². The second-order valence-electron chi connectivity index (χ2n) is 5.62. The summed E-state index contributed by atoms with van der Waals surface area (Å²) in [6.45, 7) is 0.262. The zero-order chi connectivity index (χ0) is 14.2. The molecular formula is C15H17N3O3. The van der Waals surface area contributed by atoms with Gasteiger partial charge in [0.1, 0.15) is 5.75 Å². The fourth-order valence-electron chi connectivity index (χ4n) is 3.10. The molecule has 0 radical (unpaired) electrons. The molecule has 2 aliphatic rings. The summed E-state index contributed by atoms with van der Waals surface area (Å²) in [5, 5.41) is 4.08. The van der Waals surface area contributed by atoms with Gasteiger partial charge in [-0.25, -0.2) is 0 Å². The lowest BCUT2D eigenvalue weighted by Gasteiger charge is -2.13. The summed E-state index contributed by atoms with van der Waals surface area (Å²) in [6.07, 6.45) is 3.90. The van der Waals surface area contributed by atoms with Crippen molar-refractivity contribution in [2.75, 3.05) is 5.73 Å². The number of hydrogen-bond donors (Lipinski definition) is 1. The van der Waals surface area contributed by atoms with Crippen molar-refractivity contribution in [2.45, 2.75) is 44.0 Å². The van der Waals surface area contributed by atoms with E-state index in [1.54, 1.807) is 12.1 Å². The van der Waals surface area contributed by atoms with Crippen LogP contribution in [0, 0.1) is 0 Å². The van der Waals surface area contributed by atoms with Gasteiger partial charge in [0.15, 0.2) is 12.4 Å². The summed E-state index contributed by atoms with van der Waals surface area (Å²) >= 11 is 0. The van der Waals surface area contributed by atoms with Crippen molar-refractivity contribution in [1.29, 1.82) is 0 Å². The minimum Gasteiger partial charge on any atom is -0.484 e. The Balaban J connectivity index is 1.39. The molecule has 2 bridgehead atoms. The lowest BCUT2D eigenvalue weighted by molar-refractivity contribution is 0.0996. The molecular weight excluding hydrogens is 270 g/mol. The lowest BCUT2D eigenvalue weighted by atomic mass is 9.89. The van der Waals surface area contributed by atoms with Gasteiger partial charge >= 0.3 is 0 Å². The SMILES string of the molecule is Nc1ccc(OCc2nc(C3CC4CCC3O4)no2)cc1. The first-order chi connectivity index (χ1) is 10.3. The summed E-state index contributed by atoms with van der Waals surface area (Å²) in [5.74, 6) is 2.24. The number of nitrogen functional groups attached to an aromatic ring is 1. The number of rotatable bonds is 4. The highest BCUT2D eigenvalue weighted by Crippen LogP contribution is 2.43. The highest BCUT2D eigenvalue weighted by Gasteiger charge is 2.43. The van der Waals surface area contributed by atoms with Crippen LogP contribution < -0.4 is 10.5 Å². The fraction of sp³-hybridized carbons (Fsp3) is 0.467. The molecule has 6 heteroatoms. The van der Waals surface area contributed by atoms with Gasteiger partial charge in [0.05, 0.1) is 18.1 Å². The second kappa shape index (κ2) is 5.04. The Hall–Kier alpha value is -2.08.